The second-order valence-corrected chi connectivity index (χ2v) is 19.0. The minimum atomic E-state index is -0.263. The Morgan fingerprint density at radius 2 is 0.705 bits per heavy atom. The molecule has 0 unspecified atom stereocenters. The molecular formula is C59H48N2. The number of rotatable bonds is 5. The summed E-state index contributed by atoms with van der Waals surface area (Å²) in [7, 11) is 0. The van der Waals surface area contributed by atoms with Gasteiger partial charge in [0, 0.05) is 32.7 Å². The van der Waals surface area contributed by atoms with Crippen LogP contribution in [0.3, 0.4) is 0 Å². The van der Waals surface area contributed by atoms with Gasteiger partial charge in [0.05, 0.1) is 28.4 Å². The van der Waals surface area contributed by atoms with Crippen molar-refractivity contribution in [2.24, 2.45) is 0 Å². The van der Waals surface area contributed by atoms with Crippen molar-refractivity contribution in [3.63, 3.8) is 0 Å². The number of hydrogen-bond donors (Lipinski definition) is 0. The van der Waals surface area contributed by atoms with Gasteiger partial charge in [-0.2, -0.15) is 0 Å². The Morgan fingerprint density at radius 3 is 1.20 bits per heavy atom. The minimum Gasteiger partial charge on any atom is -0.309 e. The smallest absolute Gasteiger partial charge is 0.0544 e. The minimum absolute atomic E-state index is 0.175. The summed E-state index contributed by atoms with van der Waals surface area (Å²) in [6.45, 7) is 14.7. The molecule has 0 aromatic heterocycles. The van der Waals surface area contributed by atoms with Crippen LogP contribution in [0.4, 0.5) is 34.1 Å². The number of para-hydroxylation sites is 1. The van der Waals surface area contributed by atoms with E-state index < -0.39 is 0 Å². The molecule has 3 aliphatic rings. The molecule has 0 aliphatic carbocycles. The number of nitrogens with zero attached hydrogens (tertiary/aromatic N) is 2. The van der Waals surface area contributed by atoms with Gasteiger partial charge in [0.2, 0.25) is 0 Å². The predicted molar refractivity (Wildman–Crippen MR) is 258 cm³/mol. The Hall–Kier alpha value is -6.90. The fourth-order valence-corrected chi connectivity index (χ4v) is 11.2. The van der Waals surface area contributed by atoms with Crippen molar-refractivity contribution >= 4 is 55.7 Å². The molecule has 3 aliphatic heterocycles. The predicted octanol–water partition coefficient (Wildman–Crippen LogP) is 16.2. The van der Waals surface area contributed by atoms with Gasteiger partial charge in [0.15, 0.2) is 0 Å². The summed E-state index contributed by atoms with van der Waals surface area (Å²) in [5.41, 5.74) is 20.3. The summed E-state index contributed by atoms with van der Waals surface area (Å²) < 4.78 is 0. The van der Waals surface area contributed by atoms with Gasteiger partial charge in [-0.15, -0.1) is 0 Å². The lowest BCUT2D eigenvalue weighted by molar-refractivity contribution is 0.567. The third-order valence-electron chi connectivity index (χ3n) is 14.5. The van der Waals surface area contributed by atoms with Gasteiger partial charge in [-0.25, -0.2) is 0 Å². The molecule has 0 N–H and O–H groups in total. The van der Waals surface area contributed by atoms with Gasteiger partial charge in [-0.3, -0.25) is 0 Å². The molecule has 0 atom stereocenters. The highest BCUT2D eigenvalue weighted by molar-refractivity contribution is 6.05. The number of fused-ring (bicyclic) bond motifs is 2. The standard InChI is InChI=1S/C59H48N2/c1-57(2)46-25-16-26-47-54(46)61-55-48(57)33-41(37-17-8-7-9-18-37)34-50(55)59(5,6)51-36-42(35-49(56(51)61)58(47,3)4)38-29-31-43(32-30-38)60(52-27-14-21-39-19-10-12-23-44(39)52)53-28-15-22-40-20-11-13-24-45(40)53/h7-36H,1-6H3. The maximum Gasteiger partial charge on any atom is 0.0544 e. The largest absolute Gasteiger partial charge is 0.309 e. The van der Waals surface area contributed by atoms with Crippen LogP contribution >= 0.6 is 0 Å². The molecule has 0 radical (unpaired) electrons. The summed E-state index contributed by atoms with van der Waals surface area (Å²) in [5, 5.41) is 4.91. The molecule has 3 heterocycles. The van der Waals surface area contributed by atoms with Crippen LogP contribution in [0.1, 0.15) is 74.9 Å². The fourth-order valence-electron chi connectivity index (χ4n) is 11.2. The van der Waals surface area contributed by atoms with Crippen LogP contribution in [0.25, 0.3) is 43.8 Å². The Bertz CT molecular complexity index is 3190. The molecule has 61 heavy (non-hydrogen) atoms. The van der Waals surface area contributed by atoms with E-state index in [0.717, 1.165) is 5.69 Å². The average Bonchev–Trinajstić information content (AvgIpc) is 3.29. The zero-order valence-electron chi connectivity index (χ0n) is 35.7. The highest BCUT2D eigenvalue weighted by atomic mass is 15.2. The van der Waals surface area contributed by atoms with Gasteiger partial charge in [-0.05, 0) is 115 Å². The van der Waals surface area contributed by atoms with Crippen molar-refractivity contribution in [2.75, 3.05) is 9.80 Å². The first-order chi connectivity index (χ1) is 29.5. The van der Waals surface area contributed by atoms with Crippen LogP contribution in [0.15, 0.2) is 182 Å². The van der Waals surface area contributed by atoms with Crippen molar-refractivity contribution in [1.82, 2.24) is 0 Å². The quantitative estimate of drug-likeness (QED) is 0.171. The SMILES string of the molecule is CC1(C)c2cccc3c2N2c4c1cc(-c1ccccc1)cc4C(C)(C)c1cc(-c4ccc(N(c5cccc6ccccc56)c5cccc6ccccc56)cc4)cc(c12)C3(C)C. The maximum absolute atomic E-state index is 2.68. The first kappa shape index (κ1) is 36.0. The third-order valence-corrected chi connectivity index (χ3v) is 14.5. The van der Waals surface area contributed by atoms with Crippen LogP contribution in [0.2, 0.25) is 0 Å². The summed E-state index contributed by atoms with van der Waals surface area (Å²) >= 11 is 0. The molecule has 0 fully saturated rings. The topological polar surface area (TPSA) is 6.48 Å². The second kappa shape index (κ2) is 12.6. The number of benzene rings is 9. The number of hydrogen-bond acceptors (Lipinski definition) is 2. The molecule has 12 rings (SSSR count). The summed E-state index contributed by atoms with van der Waals surface area (Å²) in [5.74, 6) is 0. The van der Waals surface area contributed by atoms with E-state index in [1.165, 1.54) is 106 Å². The van der Waals surface area contributed by atoms with Crippen molar-refractivity contribution in [3.8, 4) is 22.3 Å². The summed E-state index contributed by atoms with van der Waals surface area (Å²) in [6, 6.07) is 68.1. The molecule has 9 aromatic carbocycles. The van der Waals surface area contributed by atoms with E-state index in [1.807, 2.05) is 0 Å². The Labute approximate surface area is 359 Å². The average molecular weight is 785 g/mol. The van der Waals surface area contributed by atoms with Gasteiger partial charge in [0.1, 0.15) is 0 Å². The van der Waals surface area contributed by atoms with Crippen LogP contribution in [0.5, 0.6) is 0 Å². The fraction of sp³-hybridized carbons (Fsp3) is 0.153. The Morgan fingerprint density at radius 1 is 0.328 bits per heavy atom. The molecule has 0 spiro atoms. The lowest BCUT2D eigenvalue weighted by atomic mass is 9.60. The molecule has 2 nitrogen and oxygen atoms in total. The summed E-state index contributed by atoms with van der Waals surface area (Å²) in [4.78, 5) is 5.12. The monoisotopic (exact) mass is 784 g/mol. The first-order valence-corrected chi connectivity index (χ1v) is 21.8. The Kier molecular flexibility index (Phi) is 7.41. The van der Waals surface area contributed by atoms with Crippen LogP contribution in [0, 0.1) is 0 Å². The van der Waals surface area contributed by atoms with E-state index in [4.69, 9.17) is 0 Å². The molecule has 9 aromatic rings. The maximum atomic E-state index is 2.68. The van der Waals surface area contributed by atoms with Gasteiger partial charge < -0.3 is 9.80 Å². The highest BCUT2D eigenvalue weighted by Gasteiger charge is 2.52. The summed E-state index contributed by atoms with van der Waals surface area (Å²) in [6.07, 6.45) is 0. The highest BCUT2D eigenvalue weighted by Crippen LogP contribution is 2.67. The van der Waals surface area contributed by atoms with Crippen LogP contribution < -0.4 is 9.80 Å². The lowest BCUT2D eigenvalue weighted by Gasteiger charge is -2.55. The van der Waals surface area contributed by atoms with E-state index in [1.54, 1.807) is 0 Å². The molecule has 0 bridgehead atoms. The first-order valence-electron chi connectivity index (χ1n) is 21.8. The van der Waals surface area contributed by atoms with Crippen LogP contribution in [-0.2, 0) is 16.2 Å². The van der Waals surface area contributed by atoms with E-state index in [0.29, 0.717) is 0 Å². The third kappa shape index (κ3) is 4.97. The second-order valence-electron chi connectivity index (χ2n) is 19.0. The van der Waals surface area contributed by atoms with Crippen molar-refractivity contribution in [1.29, 1.82) is 0 Å². The van der Waals surface area contributed by atoms with Crippen molar-refractivity contribution in [3.05, 3.63) is 215 Å². The van der Waals surface area contributed by atoms with E-state index >= 15 is 0 Å². The van der Waals surface area contributed by atoms with E-state index in [9.17, 15) is 0 Å². The molecule has 0 saturated heterocycles. The van der Waals surface area contributed by atoms with Gasteiger partial charge in [-0.1, -0.05) is 175 Å². The van der Waals surface area contributed by atoms with E-state index in [-0.39, 0.29) is 16.2 Å². The Balaban J connectivity index is 1.07. The molecular weight excluding hydrogens is 737 g/mol. The van der Waals surface area contributed by atoms with Gasteiger partial charge >= 0.3 is 0 Å². The zero-order chi connectivity index (χ0) is 41.4. The molecule has 294 valence electrons. The number of anilines is 6. The van der Waals surface area contributed by atoms with Crippen molar-refractivity contribution < 1.29 is 0 Å². The zero-order valence-corrected chi connectivity index (χ0v) is 35.7. The molecule has 0 amide bonds. The molecule has 0 saturated carbocycles. The van der Waals surface area contributed by atoms with Crippen LogP contribution in [-0.4, -0.2) is 0 Å². The normalized spacial score (nSPS) is 15.7. The van der Waals surface area contributed by atoms with E-state index in [2.05, 4.69) is 233 Å². The van der Waals surface area contributed by atoms with Gasteiger partial charge in [0.25, 0.3) is 0 Å². The molecule has 2 heteroatoms. The lowest BCUT2D eigenvalue weighted by Crippen LogP contribution is -2.43. The van der Waals surface area contributed by atoms with Crippen molar-refractivity contribution in [2.45, 2.75) is 57.8 Å².